The lowest BCUT2D eigenvalue weighted by Gasteiger charge is -2.26. The van der Waals surface area contributed by atoms with Gasteiger partial charge in [-0.05, 0) is 67.6 Å². The standard InChI is InChI=1S/C25H31ClN4O3/c1-4-15(2)22(30-23(31)18-5-9-19(26)10-6-18)24(32)27-16(3)17-7-11-20(12-8-17)28-25(33)29-21-13-14-21/h5-12,15-16,21-22H,4,13-14H2,1-3H3,(H,27,32)(H,30,31)(H2,28,29,33). The maximum atomic E-state index is 13.1. The van der Waals surface area contributed by atoms with Crippen LogP contribution in [0.15, 0.2) is 48.5 Å². The van der Waals surface area contributed by atoms with Gasteiger partial charge in [0.1, 0.15) is 6.04 Å². The Kier molecular flexibility index (Phi) is 8.33. The van der Waals surface area contributed by atoms with Crippen molar-refractivity contribution in [1.29, 1.82) is 0 Å². The first kappa shape index (κ1) is 24.6. The molecular formula is C25H31ClN4O3. The molecule has 0 aromatic heterocycles. The van der Waals surface area contributed by atoms with Crippen LogP contribution in [0.2, 0.25) is 5.02 Å². The quantitative estimate of drug-likeness (QED) is 0.429. The van der Waals surface area contributed by atoms with Gasteiger partial charge in [0.25, 0.3) is 5.91 Å². The first-order valence-electron chi connectivity index (χ1n) is 11.3. The van der Waals surface area contributed by atoms with E-state index < -0.39 is 6.04 Å². The highest BCUT2D eigenvalue weighted by Crippen LogP contribution is 2.20. The minimum Gasteiger partial charge on any atom is -0.348 e. The molecule has 2 aromatic carbocycles. The van der Waals surface area contributed by atoms with E-state index in [1.807, 2.05) is 32.9 Å². The number of carbonyl (C=O) groups is 3. The Bertz CT molecular complexity index is 974. The van der Waals surface area contributed by atoms with Crippen LogP contribution in [0.3, 0.4) is 0 Å². The Labute approximate surface area is 199 Å². The lowest BCUT2D eigenvalue weighted by molar-refractivity contribution is -0.124. The SMILES string of the molecule is CCC(C)C(NC(=O)c1ccc(Cl)cc1)C(=O)NC(C)c1ccc(NC(=O)NC2CC2)cc1. The van der Waals surface area contributed by atoms with Gasteiger partial charge >= 0.3 is 6.03 Å². The van der Waals surface area contributed by atoms with Gasteiger partial charge < -0.3 is 21.3 Å². The molecule has 1 saturated carbocycles. The van der Waals surface area contributed by atoms with E-state index in [0.717, 1.165) is 24.8 Å². The normalized spacial score (nSPS) is 15.6. The van der Waals surface area contributed by atoms with Gasteiger partial charge in [-0.25, -0.2) is 4.79 Å². The molecule has 176 valence electrons. The largest absolute Gasteiger partial charge is 0.348 e. The van der Waals surface area contributed by atoms with E-state index in [1.54, 1.807) is 36.4 Å². The van der Waals surface area contributed by atoms with Crippen LogP contribution in [-0.2, 0) is 4.79 Å². The van der Waals surface area contributed by atoms with E-state index in [2.05, 4.69) is 21.3 Å². The third-order valence-corrected chi connectivity index (χ3v) is 6.08. The molecule has 3 rings (SSSR count). The lowest BCUT2D eigenvalue weighted by atomic mass is 9.97. The molecule has 1 aliphatic rings. The number of amides is 4. The predicted octanol–water partition coefficient (Wildman–Crippen LogP) is 4.65. The topological polar surface area (TPSA) is 99.3 Å². The molecule has 1 fully saturated rings. The summed E-state index contributed by atoms with van der Waals surface area (Å²) >= 11 is 5.90. The summed E-state index contributed by atoms with van der Waals surface area (Å²) in [7, 11) is 0. The van der Waals surface area contributed by atoms with Crippen LogP contribution in [0.5, 0.6) is 0 Å². The molecule has 1 aliphatic carbocycles. The van der Waals surface area contributed by atoms with Gasteiger partial charge in [0, 0.05) is 22.3 Å². The molecule has 0 radical (unpaired) electrons. The van der Waals surface area contributed by atoms with Crippen molar-refractivity contribution in [3.8, 4) is 0 Å². The van der Waals surface area contributed by atoms with Gasteiger partial charge in [-0.1, -0.05) is 44.0 Å². The molecule has 3 atom stereocenters. The highest BCUT2D eigenvalue weighted by molar-refractivity contribution is 6.30. The number of urea groups is 1. The van der Waals surface area contributed by atoms with Crippen LogP contribution in [-0.4, -0.2) is 29.9 Å². The van der Waals surface area contributed by atoms with Gasteiger partial charge in [-0.15, -0.1) is 0 Å². The Morgan fingerprint density at radius 2 is 1.61 bits per heavy atom. The Hall–Kier alpha value is -3.06. The van der Waals surface area contributed by atoms with Crippen molar-refractivity contribution >= 4 is 35.1 Å². The van der Waals surface area contributed by atoms with Crippen LogP contribution in [0.1, 0.15) is 62.0 Å². The second-order valence-electron chi connectivity index (χ2n) is 8.57. The van der Waals surface area contributed by atoms with Crippen LogP contribution < -0.4 is 21.3 Å². The van der Waals surface area contributed by atoms with Crippen molar-refractivity contribution in [3.05, 3.63) is 64.7 Å². The summed E-state index contributed by atoms with van der Waals surface area (Å²) < 4.78 is 0. The van der Waals surface area contributed by atoms with Crippen LogP contribution in [0.25, 0.3) is 0 Å². The average Bonchev–Trinajstić information content (AvgIpc) is 3.61. The highest BCUT2D eigenvalue weighted by Gasteiger charge is 2.27. The molecule has 8 heteroatoms. The number of rotatable bonds is 9. The molecule has 7 nitrogen and oxygen atoms in total. The molecule has 4 amide bonds. The number of hydrogen-bond acceptors (Lipinski definition) is 3. The third kappa shape index (κ3) is 7.22. The minimum absolute atomic E-state index is 0.0509. The molecule has 0 bridgehead atoms. The fourth-order valence-corrected chi connectivity index (χ4v) is 3.48. The summed E-state index contributed by atoms with van der Waals surface area (Å²) in [6.45, 7) is 5.80. The fraction of sp³-hybridized carbons (Fsp3) is 0.400. The van der Waals surface area contributed by atoms with Gasteiger partial charge in [-0.3, -0.25) is 9.59 Å². The minimum atomic E-state index is -0.673. The van der Waals surface area contributed by atoms with E-state index in [1.165, 1.54) is 0 Å². The molecule has 0 heterocycles. The summed E-state index contributed by atoms with van der Waals surface area (Å²) in [5.41, 5.74) is 2.02. The van der Waals surface area contributed by atoms with Gasteiger partial charge in [0.15, 0.2) is 0 Å². The zero-order valence-corrected chi connectivity index (χ0v) is 19.9. The number of halogens is 1. The number of anilines is 1. The van der Waals surface area contributed by atoms with E-state index in [0.29, 0.717) is 16.3 Å². The summed E-state index contributed by atoms with van der Waals surface area (Å²) in [6.07, 6.45) is 2.79. The molecule has 3 unspecified atom stereocenters. The predicted molar refractivity (Wildman–Crippen MR) is 130 cm³/mol. The van der Waals surface area contributed by atoms with Crippen molar-refractivity contribution in [2.45, 2.75) is 58.2 Å². The smallest absolute Gasteiger partial charge is 0.319 e. The summed E-state index contributed by atoms with van der Waals surface area (Å²) in [4.78, 5) is 37.6. The monoisotopic (exact) mass is 470 g/mol. The highest BCUT2D eigenvalue weighted by atomic mass is 35.5. The second kappa shape index (κ2) is 11.2. The zero-order valence-electron chi connectivity index (χ0n) is 19.2. The molecule has 33 heavy (non-hydrogen) atoms. The van der Waals surface area contributed by atoms with Gasteiger partial charge in [0.05, 0.1) is 6.04 Å². The van der Waals surface area contributed by atoms with E-state index in [9.17, 15) is 14.4 Å². The average molecular weight is 471 g/mol. The van der Waals surface area contributed by atoms with Crippen LogP contribution in [0, 0.1) is 5.92 Å². The Morgan fingerprint density at radius 3 is 2.18 bits per heavy atom. The summed E-state index contributed by atoms with van der Waals surface area (Å²) in [5, 5.41) is 12.1. The fourth-order valence-electron chi connectivity index (χ4n) is 3.35. The number of benzene rings is 2. The molecular weight excluding hydrogens is 440 g/mol. The van der Waals surface area contributed by atoms with Crippen molar-refractivity contribution in [2.75, 3.05) is 5.32 Å². The van der Waals surface area contributed by atoms with Crippen LogP contribution >= 0.6 is 11.6 Å². The maximum Gasteiger partial charge on any atom is 0.319 e. The molecule has 2 aromatic rings. The van der Waals surface area contributed by atoms with Crippen molar-refractivity contribution in [1.82, 2.24) is 16.0 Å². The van der Waals surface area contributed by atoms with Crippen molar-refractivity contribution in [2.24, 2.45) is 5.92 Å². The van der Waals surface area contributed by atoms with E-state index >= 15 is 0 Å². The van der Waals surface area contributed by atoms with Gasteiger partial charge in [-0.2, -0.15) is 0 Å². The van der Waals surface area contributed by atoms with Gasteiger partial charge in [0.2, 0.25) is 5.91 Å². The summed E-state index contributed by atoms with van der Waals surface area (Å²) in [5.74, 6) is -0.616. The molecule has 0 saturated heterocycles. The number of nitrogens with one attached hydrogen (secondary N) is 4. The van der Waals surface area contributed by atoms with Crippen molar-refractivity contribution < 1.29 is 14.4 Å². The number of hydrogen-bond donors (Lipinski definition) is 4. The second-order valence-corrected chi connectivity index (χ2v) is 9.01. The van der Waals surface area contributed by atoms with Crippen molar-refractivity contribution in [3.63, 3.8) is 0 Å². The maximum absolute atomic E-state index is 13.1. The zero-order chi connectivity index (χ0) is 24.0. The lowest BCUT2D eigenvalue weighted by Crippen LogP contribution is -2.50. The first-order valence-corrected chi connectivity index (χ1v) is 11.7. The molecule has 0 spiro atoms. The van der Waals surface area contributed by atoms with E-state index in [4.69, 9.17) is 11.6 Å². The summed E-state index contributed by atoms with van der Waals surface area (Å²) in [6, 6.07) is 13.0. The Balaban J connectivity index is 1.60. The van der Waals surface area contributed by atoms with E-state index in [-0.39, 0.29) is 35.8 Å². The molecule has 0 aliphatic heterocycles. The van der Waals surface area contributed by atoms with Crippen LogP contribution in [0.4, 0.5) is 10.5 Å². The first-order chi connectivity index (χ1) is 15.8. The Morgan fingerprint density at radius 1 is 0.970 bits per heavy atom. The number of carbonyl (C=O) groups excluding carboxylic acids is 3. The third-order valence-electron chi connectivity index (χ3n) is 5.83. The molecule has 4 N–H and O–H groups in total.